The average molecular weight is 310 g/mol. The van der Waals surface area contributed by atoms with Crippen LogP contribution >= 0.6 is 0 Å². The molecule has 0 radical (unpaired) electrons. The van der Waals surface area contributed by atoms with E-state index >= 15 is 0 Å². The molecule has 0 aliphatic rings. The number of rotatable bonds is 4. The molecular formula is C16H14F4N2. The van der Waals surface area contributed by atoms with Gasteiger partial charge in [0.05, 0.1) is 6.08 Å². The molecular weight excluding hydrogens is 296 g/mol. The first kappa shape index (κ1) is 16.1. The predicted octanol–water partition coefficient (Wildman–Crippen LogP) is 4.97. The molecule has 0 bridgehead atoms. The first-order chi connectivity index (χ1) is 10.4. The van der Waals surface area contributed by atoms with Crippen molar-refractivity contribution in [2.75, 3.05) is 0 Å². The maximum Gasteiger partial charge on any atom is 0.412 e. The van der Waals surface area contributed by atoms with Gasteiger partial charge in [0.15, 0.2) is 5.82 Å². The van der Waals surface area contributed by atoms with Crippen molar-refractivity contribution in [2.24, 2.45) is 0 Å². The molecule has 22 heavy (non-hydrogen) atoms. The minimum absolute atomic E-state index is 0.135. The molecule has 0 saturated heterocycles. The smallest absolute Gasteiger partial charge is 0.236 e. The van der Waals surface area contributed by atoms with Crippen LogP contribution in [0.3, 0.4) is 0 Å². The van der Waals surface area contributed by atoms with Crippen LogP contribution in [0.2, 0.25) is 0 Å². The minimum Gasteiger partial charge on any atom is -0.236 e. The van der Waals surface area contributed by atoms with Crippen LogP contribution in [0.1, 0.15) is 24.5 Å². The fourth-order valence-corrected chi connectivity index (χ4v) is 1.93. The lowest BCUT2D eigenvalue weighted by Gasteiger charge is -2.04. The summed E-state index contributed by atoms with van der Waals surface area (Å²) in [6.45, 7) is 2.05. The van der Waals surface area contributed by atoms with Crippen LogP contribution < -0.4 is 0 Å². The summed E-state index contributed by atoms with van der Waals surface area (Å²) in [4.78, 5) is 8.40. The third-order valence-electron chi connectivity index (χ3n) is 2.95. The van der Waals surface area contributed by atoms with Gasteiger partial charge in [-0.15, -0.1) is 0 Å². The van der Waals surface area contributed by atoms with Gasteiger partial charge in [0.2, 0.25) is 0 Å². The van der Waals surface area contributed by atoms with Gasteiger partial charge in [0, 0.05) is 23.5 Å². The number of alkyl halides is 3. The van der Waals surface area contributed by atoms with Gasteiger partial charge < -0.3 is 0 Å². The van der Waals surface area contributed by atoms with E-state index in [1.54, 1.807) is 12.4 Å². The highest BCUT2D eigenvalue weighted by Crippen LogP contribution is 2.26. The Hall–Kier alpha value is -2.24. The van der Waals surface area contributed by atoms with Gasteiger partial charge in [0.25, 0.3) is 0 Å². The third kappa shape index (κ3) is 4.38. The van der Waals surface area contributed by atoms with Crippen LogP contribution in [0, 0.1) is 0 Å². The lowest BCUT2D eigenvalue weighted by molar-refractivity contribution is -0.0798. The van der Waals surface area contributed by atoms with Gasteiger partial charge in [0.1, 0.15) is 5.83 Å². The number of hydrogen-bond acceptors (Lipinski definition) is 2. The molecule has 0 N–H and O–H groups in total. The molecule has 1 heterocycles. The van der Waals surface area contributed by atoms with Gasteiger partial charge in [-0.3, -0.25) is 0 Å². The topological polar surface area (TPSA) is 25.8 Å². The minimum atomic E-state index is -4.68. The van der Waals surface area contributed by atoms with Gasteiger partial charge in [-0.05, 0) is 12.0 Å². The Morgan fingerprint density at radius 1 is 1.09 bits per heavy atom. The van der Waals surface area contributed by atoms with E-state index in [0.29, 0.717) is 11.4 Å². The molecule has 1 aromatic heterocycles. The van der Waals surface area contributed by atoms with Crippen molar-refractivity contribution in [3.05, 3.63) is 53.9 Å². The molecule has 116 valence electrons. The van der Waals surface area contributed by atoms with Crippen LogP contribution in [0.5, 0.6) is 0 Å². The van der Waals surface area contributed by atoms with Crippen LogP contribution in [-0.4, -0.2) is 16.1 Å². The van der Waals surface area contributed by atoms with Crippen molar-refractivity contribution in [2.45, 2.75) is 25.9 Å². The highest BCUT2D eigenvalue weighted by atomic mass is 19.4. The van der Waals surface area contributed by atoms with Crippen molar-refractivity contribution in [1.82, 2.24) is 9.97 Å². The van der Waals surface area contributed by atoms with Crippen LogP contribution in [0.15, 0.2) is 42.7 Å². The van der Waals surface area contributed by atoms with E-state index in [1.807, 2.05) is 0 Å². The van der Waals surface area contributed by atoms with Gasteiger partial charge >= 0.3 is 6.18 Å². The summed E-state index contributed by atoms with van der Waals surface area (Å²) in [6, 6.07) is 5.54. The number of hydrogen-bond donors (Lipinski definition) is 0. The molecule has 1 aromatic carbocycles. The third-order valence-corrected chi connectivity index (χ3v) is 2.95. The zero-order valence-corrected chi connectivity index (χ0v) is 11.9. The molecule has 0 aliphatic heterocycles. The number of benzene rings is 1. The van der Waals surface area contributed by atoms with Gasteiger partial charge in [-0.2, -0.15) is 13.2 Å². The fourth-order valence-electron chi connectivity index (χ4n) is 1.93. The second-order valence-electron chi connectivity index (χ2n) is 4.78. The summed E-state index contributed by atoms with van der Waals surface area (Å²) >= 11 is 0. The quantitative estimate of drug-likeness (QED) is 0.745. The van der Waals surface area contributed by atoms with E-state index in [-0.39, 0.29) is 11.6 Å². The number of aryl methyl sites for hydroxylation is 1. The summed E-state index contributed by atoms with van der Waals surface area (Å²) in [5.41, 5.74) is 1.50. The number of allylic oxidation sites excluding steroid dienone is 1. The first-order valence-electron chi connectivity index (χ1n) is 6.76. The van der Waals surface area contributed by atoms with E-state index in [9.17, 15) is 17.6 Å². The maximum atomic E-state index is 13.4. The maximum absolute atomic E-state index is 13.4. The molecule has 2 rings (SSSR count). The average Bonchev–Trinajstić information content (AvgIpc) is 2.47. The molecule has 6 heteroatoms. The Bertz CT molecular complexity index is 643. The highest BCUT2D eigenvalue weighted by molar-refractivity contribution is 5.64. The van der Waals surface area contributed by atoms with E-state index in [0.717, 1.165) is 18.4 Å². The number of nitrogens with zero attached hydrogens (tertiary/aromatic N) is 2. The van der Waals surface area contributed by atoms with E-state index in [2.05, 4.69) is 16.9 Å². The zero-order valence-electron chi connectivity index (χ0n) is 11.9. The van der Waals surface area contributed by atoms with E-state index in [1.165, 1.54) is 24.3 Å². The molecule has 0 atom stereocenters. The Morgan fingerprint density at radius 3 is 2.18 bits per heavy atom. The summed E-state index contributed by atoms with van der Waals surface area (Å²) in [5, 5.41) is 0. The molecule has 2 nitrogen and oxygen atoms in total. The standard InChI is InChI=1S/C16H14F4N2/c1-2-3-11-9-21-15(22-10-11)13-6-4-12(5-7-13)14(17)8-16(18,19)20/h4-10H,2-3H2,1H3. The Labute approximate surface area is 125 Å². The van der Waals surface area contributed by atoms with Crippen LogP contribution in [-0.2, 0) is 6.42 Å². The highest BCUT2D eigenvalue weighted by Gasteiger charge is 2.25. The van der Waals surface area contributed by atoms with Crippen molar-refractivity contribution >= 4 is 5.83 Å². The van der Waals surface area contributed by atoms with Crippen LogP contribution in [0.4, 0.5) is 17.6 Å². The Kier molecular flexibility index (Phi) is 4.90. The summed E-state index contributed by atoms with van der Waals surface area (Å²) in [6.07, 6.45) is 0.252. The molecule has 0 amide bonds. The van der Waals surface area contributed by atoms with Gasteiger partial charge in [-0.25, -0.2) is 14.4 Å². The molecule has 0 fully saturated rings. The molecule has 0 unspecified atom stereocenters. The molecule has 0 aliphatic carbocycles. The van der Waals surface area contributed by atoms with Crippen LogP contribution in [0.25, 0.3) is 17.2 Å². The Balaban J connectivity index is 2.20. The zero-order chi connectivity index (χ0) is 16.2. The van der Waals surface area contributed by atoms with E-state index < -0.39 is 12.0 Å². The van der Waals surface area contributed by atoms with Crippen molar-refractivity contribution in [3.8, 4) is 11.4 Å². The number of halogens is 4. The lowest BCUT2D eigenvalue weighted by Crippen LogP contribution is -2.01. The summed E-state index contributed by atoms with van der Waals surface area (Å²) in [7, 11) is 0. The monoisotopic (exact) mass is 310 g/mol. The second kappa shape index (κ2) is 6.68. The lowest BCUT2D eigenvalue weighted by atomic mass is 10.1. The SMILES string of the molecule is CCCc1cnc(-c2ccc(C(F)=CC(F)(F)F)cc2)nc1. The summed E-state index contributed by atoms with van der Waals surface area (Å²) in [5.74, 6) is -0.870. The van der Waals surface area contributed by atoms with Crippen molar-refractivity contribution < 1.29 is 17.6 Å². The Morgan fingerprint density at radius 2 is 1.68 bits per heavy atom. The predicted molar refractivity (Wildman–Crippen MR) is 76.6 cm³/mol. The van der Waals surface area contributed by atoms with Crippen molar-refractivity contribution in [1.29, 1.82) is 0 Å². The molecule has 2 aromatic rings. The molecule has 0 spiro atoms. The normalized spacial score (nSPS) is 12.5. The van der Waals surface area contributed by atoms with Gasteiger partial charge in [-0.1, -0.05) is 37.6 Å². The second-order valence-corrected chi connectivity index (χ2v) is 4.78. The first-order valence-corrected chi connectivity index (χ1v) is 6.76. The van der Waals surface area contributed by atoms with E-state index in [4.69, 9.17) is 0 Å². The van der Waals surface area contributed by atoms with Crippen molar-refractivity contribution in [3.63, 3.8) is 0 Å². The largest absolute Gasteiger partial charge is 0.412 e. The number of aromatic nitrogens is 2. The summed E-state index contributed by atoms with van der Waals surface area (Å²) < 4.78 is 49.7. The fraction of sp³-hybridized carbons (Fsp3) is 0.250. The molecule has 0 saturated carbocycles.